The predicted molar refractivity (Wildman–Crippen MR) is 90.5 cm³/mol. The fourth-order valence-corrected chi connectivity index (χ4v) is 2.47. The molecule has 0 saturated heterocycles. The number of nitrogen functional groups attached to an aromatic ring is 1. The maximum absolute atomic E-state index is 11.5. The number of aromatic nitrogens is 2. The number of carbonyl (C=O) groups excluding carboxylic acids is 1. The molecule has 0 fully saturated rings. The molecule has 2 rings (SSSR count). The minimum Gasteiger partial charge on any atom is -0.381 e. The first kappa shape index (κ1) is 17.0. The van der Waals surface area contributed by atoms with Gasteiger partial charge in [-0.05, 0) is 38.0 Å². The topological polar surface area (TPSA) is 123 Å². The number of H-pyrrole nitrogens is 1. The van der Waals surface area contributed by atoms with E-state index in [1.807, 2.05) is 18.0 Å². The van der Waals surface area contributed by atoms with Gasteiger partial charge in [0.05, 0.1) is 16.9 Å². The largest absolute Gasteiger partial charge is 0.381 e. The molecular weight excluding hydrogens is 304 g/mol. The lowest BCUT2D eigenvalue weighted by molar-refractivity contribution is 0.101. The smallest absolute Gasteiger partial charge is 0.163 e. The first-order valence-electron chi connectivity index (χ1n) is 7.47. The number of rotatable bonds is 6. The van der Waals surface area contributed by atoms with Crippen LogP contribution >= 0.6 is 0 Å². The van der Waals surface area contributed by atoms with Crippen LogP contribution < -0.4 is 10.6 Å². The van der Waals surface area contributed by atoms with E-state index in [4.69, 9.17) is 11.0 Å². The summed E-state index contributed by atoms with van der Waals surface area (Å²) in [4.78, 5) is 13.5. The quantitative estimate of drug-likeness (QED) is 0.784. The van der Waals surface area contributed by atoms with Gasteiger partial charge in [-0.15, -0.1) is 0 Å². The first-order chi connectivity index (χ1) is 11.5. The van der Waals surface area contributed by atoms with Crippen molar-refractivity contribution in [3.05, 3.63) is 40.6 Å². The molecule has 7 heteroatoms. The molecule has 0 bridgehead atoms. The second-order valence-corrected chi connectivity index (χ2v) is 5.50. The van der Waals surface area contributed by atoms with Gasteiger partial charge in [0.2, 0.25) is 0 Å². The van der Waals surface area contributed by atoms with Gasteiger partial charge in [-0.25, -0.2) is 0 Å². The molecule has 3 N–H and O–H groups in total. The summed E-state index contributed by atoms with van der Waals surface area (Å²) in [5, 5.41) is 24.9. The van der Waals surface area contributed by atoms with Gasteiger partial charge in [0.1, 0.15) is 17.7 Å². The van der Waals surface area contributed by atoms with Crippen LogP contribution in [0.1, 0.15) is 40.5 Å². The Kier molecular flexibility index (Phi) is 5.18. The number of carbonyl (C=O) groups is 1. The van der Waals surface area contributed by atoms with E-state index in [2.05, 4.69) is 16.3 Å². The van der Waals surface area contributed by atoms with Gasteiger partial charge in [-0.1, -0.05) is 0 Å². The summed E-state index contributed by atoms with van der Waals surface area (Å²) in [6, 6.07) is 9.23. The van der Waals surface area contributed by atoms with Gasteiger partial charge in [-0.2, -0.15) is 15.6 Å². The van der Waals surface area contributed by atoms with Crippen molar-refractivity contribution in [3.63, 3.8) is 0 Å². The number of ketones is 1. The van der Waals surface area contributed by atoms with Gasteiger partial charge in [0, 0.05) is 19.2 Å². The van der Waals surface area contributed by atoms with Crippen molar-refractivity contribution < 1.29 is 4.79 Å². The second kappa shape index (κ2) is 7.30. The van der Waals surface area contributed by atoms with Crippen LogP contribution in [0.4, 0.5) is 11.5 Å². The third-order valence-corrected chi connectivity index (χ3v) is 3.84. The van der Waals surface area contributed by atoms with E-state index >= 15 is 0 Å². The Hall–Kier alpha value is -3.32. The van der Waals surface area contributed by atoms with Crippen molar-refractivity contribution in [1.82, 2.24) is 10.2 Å². The van der Waals surface area contributed by atoms with E-state index in [0.717, 1.165) is 12.1 Å². The molecule has 1 aromatic heterocycles. The van der Waals surface area contributed by atoms with E-state index in [1.165, 1.54) is 6.92 Å². The normalized spacial score (nSPS) is 10.0. The Bertz CT molecular complexity index is 840. The lowest BCUT2D eigenvalue weighted by Gasteiger charge is -2.21. The predicted octanol–water partition coefficient (Wildman–Crippen LogP) is 2.01. The van der Waals surface area contributed by atoms with Crippen LogP contribution in [0.5, 0.6) is 0 Å². The highest BCUT2D eigenvalue weighted by Gasteiger charge is 2.13. The molecule has 0 aliphatic rings. The number of nitriles is 2. The zero-order valence-electron chi connectivity index (χ0n) is 13.6. The number of hydrogen-bond acceptors (Lipinski definition) is 6. The Labute approximate surface area is 140 Å². The average molecular weight is 322 g/mol. The number of benzene rings is 1. The lowest BCUT2D eigenvalue weighted by Crippen LogP contribution is -2.20. The number of nitrogens with two attached hydrogens (primary N) is 1. The summed E-state index contributed by atoms with van der Waals surface area (Å²) in [7, 11) is 1.87. The van der Waals surface area contributed by atoms with Crippen molar-refractivity contribution in [2.45, 2.75) is 19.8 Å². The van der Waals surface area contributed by atoms with Crippen molar-refractivity contribution >= 4 is 17.3 Å². The highest BCUT2D eigenvalue weighted by atomic mass is 16.1. The Morgan fingerprint density at radius 3 is 2.75 bits per heavy atom. The molecule has 0 spiro atoms. The molecule has 0 saturated carbocycles. The number of aromatic amines is 1. The van der Waals surface area contributed by atoms with Crippen LogP contribution in [-0.4, -0.2) is 29.6 Å². The SMILES string of the molecule is CC(=O)c1ccc(C#N)c(N(C)CCCc2[nH]nc(N)c2C#N)c1. The molecule has 0 aliphatic heterocycles. The fourth-order valence-electron chi connectivity index (χ4n) is 2.47. The lowest BCUT2D eigenvalue weighted by atomic mass is 10.1. The summed E-state index contributed by atoms with van der Waals surface area (Å²) in [6.07, 6.45) is 1.35. The number of Topliss-reactive ketones (excluding diaryl/α,β-unsaturated/α-hetero) is 1. The average Bonchev–Trinajstić information content (AvgIpc) is 2.93. The molecule has 0 atom stereocenters. The molecule has 0 unspecified atom stereocenters. The van der Waals surface area contributed by atoms with Gasteiger partial charge in [-0.3, -0.25) is 9.89 Å². The molecular formula is C17H18N6O. The van der Waals surface area contributed by atoms with E-state index in [-0.39, 0.29) is 11.6 Å². The van der Waals surface area contributed by atoms with Crippen LogP contribution in [0, 0.1) is 22.7 Å². The van der Waals surface area contributed by atoms with Crippen LogP contribution in [0.25, 0.3) is 0 Å². The minimum atomic E-state index is -0.0410. The summed E-state index contributed by atoms with van der Waals surface area (Å²) >= 11 is 0. The molecule has 0 amide bonds. The fraction of sp³-hybridized carbons (Fsp3) is 0.294. The third-order valence-electron chi connectivity index (χ3n) is 3.84. The van der Waals surface area contributed by atoms with Crippen LogP contribution in [-0.2, 0) is 6.42 Å². The van der Waals surface area contributed by atoms with Crippen molar-refractivity contribution in [1.29, 1.82) is 10.5 Å². The van der Waals surface area contributed by atoms with E-state index < -0.39 is 0 Å². The monoisotopic (exact) mass is 322 g/mol. The molecule has 2 aromatic rings. The maximum atomic E-state index is 11.5. The minimum absolute atomic E-state index is 0.0410. The number of aryl methyl sites for hydroxylation is 1. The summed E-state index contributed by atoms with van der Waals surface area (Å²) in [5.74, 6) is 0.169. The number of hydrogen-bond donors (Lipinski definition) is 2. The van der Waals surface area contributed by atoms with Crippen molar-refractivity contribution in [3.8, 4) is 12.1 Å². The second-order valence-electron chi connectivity index (χ2n) is 5.50. The zero-order chi connectivity index (χ0) is 17.7. The molecule has 1 aromatic carbocycles. The summed E-state index contributed by atoms with van der Waals surface area (Å²) in [5.41, 5.74) is 8.52. The van der Waals surface area contributed by atoms with E-state index in [9.17, 15) is 10.1 Å². The molecule has 0 aliphatic carbocycles. The molecule has 7 nitrogen and oxygen atoms in total. The van der Waals surface area contributed by atoms with Crippen molar-refractivity contribution in [2.24, 2.45) is 0 Å². The maximum Gasteiger partial charge on any atom is 0.163 e. The molecule has 122 valence electrons. The number of nitrogens with one attached hydrogen (secondary N) is 1. The summed E-state index contributed by atoms with van der Waals surface area (Å²) < 4.78 is 0. The third kappa shape index (κ3) is 3.53. The molecule has 0 radical (unpaired) electrons. The number of nitrogens with zero attached hydrogens (tertiary/aromatic N) is 4. The van der Waals surface area contributed by atoms with E-state index in [0.29, 0.717) is 35.3 Å². The van der Waals surface area contributed by atoms with E-state index in [1.54, 1.807) is 18.2 Å². The number of anilines is 2. The van der Waals surface area contributed by atoms with Crippen LogP contribution in [0.3, 0.4) is 0 Å². The Morgan fingerprint density at radius 2 is 2.12 bits per heavy atom. The van der Waals surface area contributed by atoms with Gasteiger partial charge >= 0.3 is 0 Å². The highest BCUT2D eigenvalue weighted by molar-refractivity contribution is 5.95. The Balaban J connectivity index is 2.08. The van der Waals surface area contributed by atoms with Crippen LogP contribution in [0.2, 0.25) is 0 Å². The Morgan fingerprint density at radius 1 is 1.38 bits per heavy atom. The highest BCUT2D eigenvalue weighted by Crippen LogP contribution is 2.22. The standard InChI is InChI=1S/C17H18N6O/c1-11(24)12-5-6-13(9-18)16(8-12)23(2)7-3-4-15-14(10-19)17(20)22-21-15/h5-6,8H,3-4,7H2,1-2H3,(H3,20,21,22). The van der Waals surface area contributed by atoms with Gasteiger partial charge in [0.25, 0.3) is 0 Å². The van der Waals surface area contributed by atoms with Gasteiger partial charge in [0.15, 0.2) is 11.6 Å². The van der Waals surface area contributed by atoms with Crippen LogP contribution in [0.15, 0.2) is 18.2 Å². The molecule has 1 heterocycles. The zero-order valence-corrected chi connectivity index (χ0v) is 13.6. The molecule has 24 heavy (non-hydrogen) atoms. The van der Waals surface area contributed by atoms with Gasteiger partial charge < -0.3 is 10.6 Å². The summed E-state index contributed by atoms with van der Waals surface area (Å²) in [6.45, 7) is 2.15. The first-order valence-corrected chi connectivity index (χ1v) is 7.47. The van der Waals surface area contributed by atoms with Crippen molar-refractivity contribution in [2.75, 3.05) is 24.2 Å².